The van der Waals surface area contributed by atoms with E-state index in [-0.39, 0.29) is 18.3 Å². The Morgan fingerprint density at radius 2 is 1.75 bits per heavy atom. The van der Waals surface area contributed by atoms with Gasteiger partial charge in [0.25, 0.3) is 0 Å². The van der Waals surface area contributed by atoms with Crippen LogP contribution in [-0.4, -0.2) is 23.4 Å². The molecule has 0 aromatic carbocycles. The highest BCUT2D eigenvalue weighted by Gasteiger charge is 2.36. The molecule has 1 saturated heterocycles. The molecule has 2 heteroatoms. The summed E-state index contributed by atoms with van der Waals surface area (Å²) in [6.07, 6.45) is 0.864. The monoisotopic (exact) mass is 172 g/mol. The van der Waals surface area contributed by atoms with Gasteiger partial charge in [0.05, 0.1) is 18.3 Å². The van der Waals surface area contributed by atoms with Gasteiger partial charge in [0.1, 0.15) is 0 Å². The first-order valence-electron chi connectivity index (χ1n) is 4.86. The molecular weight excluding hydrogens is 152 g/mol. The number of ether oxygens (including phenoxy) is 1. The molecule has 0 aromatic heterocycles. The molecule has 2 nitrogen and oxygen atoms in total. The molecule has 72 valence electrons. The van der Waals surface area contributed by atoms with Crippen molar-refractivity contribution in [3.8, 4) is 0 Å². The van der Waals surface area contributed by atoms with Crippen molar-refractivity contribution in [2.24, 2.45) is 11.8 Å². The summed E-state index contributed by atoms with van der Waals surface area (Å²) in [6.45, 7) is 8.47. The molecule has 0 amide bonds. The predicted molar refractivity (Wildman–Crippen MR) is 49.0 cm³/mol. The van der Waals surface area contributed by atoms with E-state index in [9.17, 15) is 5.11 Å². The molecule has 0 radical (unpaired) electrons. The minimum Gasteiger partial charge on any atom is -0.390 e. The van der Waals surface area contributed by atoms with Crippen molar-refractivity contribution < 1.29 is 9.84 Å². The Morgan fingerprint density at radius 3 is 2.00 bits per heavy atom. The van der Waals surface area contributed by atoms with Crippen LogP contribution in [0.4, 0.5) is 0 Å². The molecule has 3 unspecified atom stereocenters. The fourth-order valence-electron chi connectivity index (χ4n) is 1.75. The largest absolute Gasteiger partial charge is 0.390 e. The van der Waals surface area contributed by atoms with E-state index in [4.69, 9.17) is 4.74 Å². The van der Waals surface area contributed by atoms with Gasteiger partial charge in [0, 0.05) is 6.42 Å². The topological polar surface area (TPSA) is 29.5 Å². The van der Waals surface area contributed by atoms with Gasteiger partial charge in [-0.05, 0) is 11.8 Å². The molecule has 1 fully saturated rings. The Morgan fingerprint density at radius 1 is 1.17 bits per heavy atom. The fourth-order valence-corrected chi connectivity index (χ4v) is 1.75. The normalized spacial score (nSPS) is 36.8. The van der Waals surface area contributed by atoms with Gasteiger partial charge in [-0.1, -0.05) is 27.7 Å². The van der Waals surface area contributed by atoms with E-state index in [2.05, 4.69) is 27.7 Å². The Labute approximate surface area is 74.9 Å². The van der Waals surface area contributed by atoms with Crippen LogP contribution in [0.5, 0.6) is 0 Å². The molecule has 0 aromatic rings. The van der Waals surface area contributed by atoms with Gasteiger partial charge in [-0.15, -0.1) is 0 Å². The maximum Gasteiger partial charge on any atom is 0.0861 e. The lowest BCUT2D eigenvalue weighted by molar-refractivity contribution is -0.0297. The number of aliphatic hydroxyl groups is 1. The van der Waals surface area contributed by atoms with E-state index in [0.717, 1.165) is 6.42 Å². The van der Waals surface area contributed by atoms with Crippen molar-refractivity contribution >= 4 is 0 Å². The average molecular weight is 172 g/mol. The highest BCUT2D eigenvalue weighted by Crippen LogP contribution is 2.29. The van der Waals surface area contributed by atoms with E-state index in [0.29, 0.717) is 11.8 Å². The standard InChI is InChI=1S/C10H20O2/c1-6(2)9-5-8(11)10(12-9)7(3)4/h6-11H,5H2,1-4H3. The average Bonchev–Trinajstić information content (AvgIpc) is 2.30. The smallest absolute Gasteiger partial charge is 0.0861 e. The summed E-state index contributed by atoms with van der Waals surface area (Å²) in [5, 5.41) is 9.65. The van der Waals surface area contributed by atoms with Crippen LogP contribution in [0, 0.1) is 11.8 Å². The predicted octanol–water partition coefficient (Wildman–Crippen LogP) is 1.82. The van der Waals surface area contributed by atoms with Crippen LogP contribution >= 0.6 is 0 Å². The summed E-state index contributed by atoms with van der Waals surface area (Å²) >= 11 is 0. The minimum absolute atomic E-state index is 0.0531. The van der Waals surface area contributed by atoms with E-state index >= 15 is 0 Å². The molecule has 0 aliphatic carbocycles. The summed E-state index contributed by atoms with van der Waals surface area (Å²) < 4.78 is 5.75. The third kappa shape index (κ3) is 1.99. The van der Waals surface area contributed by atoms with Gasteiger partial charge in [0.15, 0.2) is 0 Å². The summed E-state index contributed by atoms with van der Waals surface area (Å²) in [7, 11) is 0. The zero-order valence-electron chi connectivity index (χ0n) is 8.45. The van der Waals surface area contributed by atoms with Crippen LogP contribution < -0.4 is 0 Å². The fraction of sp³-hybridized carbons (Fsp3) is 1.00. The highest BCUT2D eigenvalue weighted by molar-refractivity contribution is 4.85. The maximum absolute atomic E-state index is 9.65. The van der Waals surface area contributed by atoms with Crippen molar-refractivity contribution in [2.45, 2.75) is 52.4 Å². The maximum atomic E-state index is 9.65. The molecule has 0 saturated carbocycles. The molecule has 0 bridgehead atoms. The Hall–Kier alpha value is -0.0800. The van der Waals surface area contributed by atoms with E-state index < -0.39 is 0 Å². The molecule has 1 aliphatic rings. The lowest BCUT2D eigenvalue weighted by atomic mass is 9.99. The van der Waals surface area contributed by atoms with Gasteiger partial charge < -0.3 is 9.84 Å². The number of rotatable bonds is 2. The van der Waals surface area contributed by atoms with Crippen molar-refractivity contribution in [1.29, 1.82) is 0 Å². The second-order valence-electron chi connectivity index (χ2n) is 4.43. The first kappa shape index (κ1) is 10.0. The molecule has 1 rings (SSSR count). The first-order valence-corrected chi connectivity index (χ1v) is 4.86. The summed E-state index contributed by atoms with van der Waals surface area (Å²) in [5.41, 5.74) is 0. The quantitative estimate of drug-likeness (QED) is 0.688. The lowest BCUT2D eigenvalue weighted by Gasteiger charge is -2.19. The second-order valence-corrected chi connectivity index (χ2v) is 4.43. The van der Waals surface area contributed by atoms with Crippen LogP contribution in [0.15, 0.2) is 0 Å². The van der Waals surface area contributed by atoms with Gasteiger partial charge in [-0.2, -0.15) is 0 Å². The lowest BCUT2D eigenvalue weighted by Crippen LogP contribution is -2.26. The van der Waals surface area contributed by atoms with Crippen LogP contribution in [-0.2, 0) is 4.74 Å². The van der Waals surface area contributed by atoms with Crippen molar-refractivity contribution in [3.63, 3.8) is 0 Å². The SMILES string of the molecule is CC(C)C1CC(O)C(C(C)C)O1. The van der Waals surface area contributed by atoms with Crippen LogP contribution in [0.2, 0.25) is 0 Å². The number of hydrogen-bond acceptors (Lipinski definition) is 2. The van der Waals surface area contributed by atoms with Crippen LogP contribution in [0.1, 0.15) is 34.1 Å². The van der Waals surface area contributed by atoms with Crippen LogP contribution in [0.25, 0.3) is 0 Å². The number of hydrogen-bond donors (Lipinski definition) is 1. The zero-order chi connectivity index (χ0) is 9.30. The molecule has 0 spiro atoms. The molecule has 1 N–H and O–H groups in total. The van der Waals surface area contributed by atoms with E-state index in [1.165, 1.54) is 0 Å². The van der Waals surface area contributed by atoms with Gasteiger partial charge in [-0.3, -0.25) is 0 Å². The molecule has 12 heavy (non-hydrogen) atoms. The van der Waals surface area contributed by atoms with E-state index in [1.807, 2.05) is 0 Å². The van der Waals surface area contributed by atoms with Gasteiger partial charge in [-0.25, -0.2) is 0 Å². The summed E-state index contributed by atoms with van der Waals surface area (Å²) in [5.74, 6) is 0.937. The molecule has 1 heterocycles. The van der Waals surface area contributed by atoms with Crippen molar-refractivity contribution in [1.82, 2.24) is 0 Å². The van der Waals surface area contributed by atoms with Crippen molar-refractivity contribution in [3.05, 3.63) is 0 Å². The Balaban J connectivity index is 2.50. The number of aliphatic hydroxyl groups excluding tert-OH is 1. The second kappa shape index (κ2) is 3.75. The molecular formula is C10H20O2. The molecule has 3 atom stereocenters. The molecule has 1 aliphatic heterocycles. The Bertz CT molecular complexity index is 143. The summed E-state index contributed by atoms with van der Waals surface area (Å²) in [4.78, 5) is 0. The first-order chi connectivity index (χ1) is 5.52. The zero-order valence-corrected chi connectivity index (χ0v) is 8.45. The Kier molecular flexibility index (Phi) is 3.13. The van der Waals surface area contributed by atoms with E-state index in [1.54, 1.807) is 0 Å². The van der Waals surface area contributed by atoms with Crippen molar-refractivity contribution in [2.75, 3.05) is 0 Å². The third-order valence-corrected chi connectivity index (χ3v) is 2.59. The minimum atomic E-state index is -0.252. The van der Waals surface area contributed by atoms with Gasteiger partial charge >= 0.3 is 0 Å². The summed E-state index contributed by atoms with van der Waals surface area (Å²) in [6, 6.07) is 0. The third-order valence-electron chi connectivity index (χ3n) is 2.59. The highest BCUT2D eigenvalue weighted by atomic mass is 16.5. The van der Waals surface area contributed by atoms with Crippen LogP contribution in [0.3, 0.4) is 0 Å². The van der Waals surface area contributed by atoms with Gasteiger partial charge in [0.2, 0.25) is 0 Å².